The molecular weight excluding hydrogens is 254 g/mol. The largest absolute Gasteiger partial charge is 0.477 e. The molecule has 0 radical (unpaired) electrons. The lowest BCUT2D eigenvalue weighted by atomic mass is 10.2. The summed E-state index contributed by atoms with van der Waals surface area (Å²) in [6, 6.07) is 2.94. The number of carboxylic acid groups (broad SMARTS) is 1. The molecule has 0 fully saturated rings. The molecule has 0 unspecified atom stereocenters. The van der Waals surface area contributed by atoms with Crippen LogP contribution >= 0.6 is 11.3 Å². The number of carbonyl (C=O) groups is 2. The zero-order chi connectivity index (χ0) is 13.5. The first-order valence-corrected chi connectivity index (χ1v) is 6.51. The molecule has 0 aromatic carbocycles. The lowest BCUT2D eigenvalue weighted by molar-refractivity contribution is 0.0702. The highest BCUT2D eigenvalue weighted by Crippen LogP contribution is 2.15. The van der Waals surface area contributed by atoms with Crippen LogP contribution in [0.5, 0.6) is 0 Å². The van der Waals surface area contributed by atoms with E-state index in [1.807, 2.05) is 0 Å². The van der Waals surface area contributed by atoms with Gasteiger partial charge in [0.05, 0.1) is 11.5 Å². The Morgan fingerprint density at radius 2 is 2.06 bits per heavy atom. The van der Waals surface area contributed by atoms with Crippen molar-refractivity contribution in [2.24, 2.45) is 5.92 Å². The Kier molecular flexibility index (Phi) is 5.80. The molecule has 2 N–H and O–H groups in total. The average Bonchev–Trinajstić information content (AvgIpc) is 2.77. The third-order valence-electron chi connectivity index (χ3n) is 2.02. The van der Waals surface area contributed by atoms with Crippen molar-refractivity contribution in [3.63, 3.8) is 0 Å². The summed E-state index contributed by atoms with van der Waals surface area (Å²) < 4.78 is 5.32. The fourth-order valence-electron chi connectivity index (χ4n) is 1.22. The summed E-state index contributed by atoms with van der Waals surface area (Å²) in [4.78, 5) is 22.8. The number of thiophene rings is 1. The number of hydrogen-bond donors (Lipinski definition) is 2. The number of aromatic carboxylic acids is 1. The van der Waals surface area contributed by atoms with Gasteiger partial charge in [0.2, 0.25) is 0 Å². The Labute approximate surface area is 110 Å². The summed E-state index contributed by atoms with van der Waals surface area (Å²) in [6.45, 7) is 5.65. The van der Waals surface area contributed by atoms with Gasteiger partial charge in [0.25, 0.3) is 5.91 Å². The Morgan fingerprint density at radius 3 is 2.61 bits per heavy atom. The van der Waals surface area contributed by atoms with Crippen LogP contribution in [0.2, 0.25) is 0 Å². The van der Waals surface area contributed by atoms with Crippen molar-refractivity contribution in [3.8, 4) is 0 Å². The number of hydrogen-bond acceptors (Lipinski definition) is 4. The molecule has 0 aliphatic heterocycles. The molecule has 0 saturated carbocycles. The zero-order valence-electron chi connectivity index (χ0n) is 10.4. The number of rotatable bonds is 7. The molecule has 0 bridgehead atoms. The van der Waals surface area contributed by atoms with Crippen molar-refractivity contribution < 1.29 is 19.4 Å². The molecule has 0 atom stereocenters. The van der Waals surface area contributed by atoms with Crippen LogP contribution in [-0.4, -0.2) is 36.7 Å². The fraction of sp³-hybridized carbons (Fsp3) is 0.500. The molecule has 0 saturated heterocycles. The van der Waals surface area contributed by atoms with E-state index in [0.717, 1.165) is 11.3 Å². The van der Waals surface area contributed by atoms with E-state index >= 15 is 0 Å². The number of amides is 1. The second-order valence-corrected chi connectivity index (χ2v) is 5.28. The monoisotopic (exact) mass is 271 g/mol. The minimum Gasteiger partial charge on any atom is -0.477 e. The summed E-state index contributed by atoms with van der Waals surface area (Å²) in [5.41, 5.74) is 0. The third kappa shape index (κ3) is 4.85. The smallest absolute Gasteiger partial charge is 0.345 e. The van der Waals surface area contributed by atoms with Gasteiger partial charge >= 0.3 is 5.97 Å². The molecule has 0 spiro atoms. The van der Waals surface area contributed by atoms with Crippen LogP contribution in [0.15, 0.2) is 12.1 Å². The van der Waals surface area contributed by atoms with E-state index < -0.39 is 5.97 Å². The summed E-state index contributed by atoms with van der Waals surface area (Å²) in [5, 5.41) is 11.4. The lowest BCUT2D eigenvalue weighted by Gasteiger charge is -2.07. The van der Waals surface area contributed by atoms with Crippen molar-refractivity contribution in [1.29, 1.82) is 0 Å². The Hall–Kier alpha value is -1.40. The molecule has 1 amide bonds. The molecule has 1 aromatic rings. The summed E-state index contributed by atoms with van der Waals surface area (Å²) in [5.74, 6) is -0.809. The third-order valence-corrected chi connectivity index (χ3v) is 3.10. The van der Waals surface area contributed by atoms with Crippen LogP contribution in [0.4, 0.5) is 0 Å². The molecule has 1 heterocycles. The molecule has 100 valence electrons. The van der Waals surface area contributed by atoms with Crippen LogP contribution in [0.25, 0.3) is 0 Å². The molecule has 5 nitrogen and oxygen atoms in total. The molecule has 18 heavy (non-hydrogen) atoms. The maximum absolute atomic E-state index is 11.6. The number of carboxylic acids is 1. The Balaban J connectivity index is 2.30. The van der Waals surface area contributed by atoms with Gasteiger partial charge in [0.1, 0.15) is 4.88 Å². The maximum Gasteiger partial charge on any atom is 0.345 e. The highest BCUT2D eigenvalue weighted by Gasteiger charge is 2.12. The van der Waals surface area contributed by atoms with Gasteiger partial charge in [-0.2, -0.15) is 0 Å². The van der Waals surface area contributed by atoms with Gasteiger partial charge in [0, 0.05) is 13.2 Å². The number of carbonyl (C=O) groups excluding carboxylic acids is 1. The van der Waals surface area contributed by atoms with Gasteiger partial charge in [-0.25, -0.2) is 4.79 Å². The summed E-state index contributed by atoms with van der Waals surface area (Å²) >= 11 is 0.965. The number of ether oxygens (including phenoxy) is 1. The lowest BCUT2D eigenvalue weighted by Crippen LogP contribution is -2.27. The summed E-state index contributed by atoms with van der Waals surface area (Å²) in [6.07, 6.45) is 0. The first kappa shape index (κ1) is 14.7. The van der Waals surface area contributed by atoms with Crippen LogP contribution in [0.3, 0.4) is 0 Å². The first-order valence-electron chi connectivity index (χ1n) is 5.69. The van der Waals surface area contributed by atoms with Gasteiger partial charge in [0.15, 0.2) is 0 Å². The van der Waals surface area contributed by atoms with Crippen LogP contribution in [0, 0.1) is 5.92 Å². The SMILES string of the molecule is CC(C)COCCNC(=O)c1ccc(C(=O)O)s1. The van der Waals surface area contributed by atoms with Gasteiger partial charge in [-0.15, -0.1) is 11.3 Å². The zero-order valence-corrected chi connectivity index (χ0v) is 11.3. The predicted molar refractivity (Wildman–Crippen MR) is 69.3 cm³/mol. The summed E-state index contributed by atoms with van der Waals surface area (Å²) in [7, 11) is 0. The highest BCUT2D eigenvalue weighted by molar-refractivity contribution is 7.15. The fourth-order valence-corrected chi connectivity index (χ4v) is 1.98. The van der Waals surface area contributed by atoms with Crippen LogP contribution < -0.4 is 5.32 Å². The Morgan fingerprint density at radius 1 is 1.39 bits per heavy atom. The van der Waals surface area contributed by atoms with Crippen molar-refractivity contribution >= 4 is 23.2 Å². The van der Waals surface area contributed by atoms with E-state index in [0.29, 0.717) is 30.6 Å². The van der Waals surface area contributed by atoms with E-state index in [1.54, 1.807) is 0 Å². The first-order chi connectivity index (χ1) is 8.50. The highest BCUT2D eigenvalue weighted by atomic mass is 32.1. The second-order valence-electron chi connectivity index (χ2n) is 4.19. The molecule has 0 aliphatic rings. The molecule has 0 aliphatic carbocycles. The van der Waals surface area contributed by atoms with E-state index in [1.165, 1.54) is 12.1 Å². The molecule has 6 heteroatoms. The predicted octanol–water partition coefficient (Wildman–Crippen LogP) is 1.85. The topological polar surface area (TPSA) is 75.6 Å². The van der Waals surface area contributed by atoms with Crippen LogP contribution in [-0.2, 0) is 4.74 Å². The quantitative estimate of drug-likeness (QED) is 0.742. The second kappa shape index (κ2) is 7.13. The standard InChI is InChI=1S/C12H17NO4S/c1-8(2)7-17-6-5-13-11(14)9-3-4-10(18-9)12(15)16/h3-4,8H,5-7H2,1-2H3,(H,13,14)(H,15,16). The van der Waals surface area contributed by atoms with Gasteiger partial charge in [-0.3, -0.25) is 4.79 Å². The average molecular weight is 271 g/mol. The van der Waals surface area contributed by atoms with Crippen molar-refractivity contribution in [3.05, 3.63) is 21.9 Å². The maximum atomic E-state index is 11.6. The van der Waals surface area contributed by atoms with Gasteiger partial charge in [-0.05, 0) is 18.1 Å². The van der Waals surface area contributed by atoms with Crippen molar-refractivity contribution in [2.75, 3.05) is 19.8 Å². The molecule has 1 rings (SSSR count). The van der Waals surface area contributed by atoms with E-state index in [9.17, 15) is 9.59 Å². The minimum absolute atomic E-state index is 0.163. The number of nitrogens with one attached hydrogen (secondary N) is 1. The Bertz CT molecular complexity index is 414. The van der Waals surface area contributed by atoms with Gasteiger partial charge < -0.3 is 15.2 Å². The minimum atomic E-state index is -1.01. The van der Waals surface area contributed by atoms with E-state index in [2.05, 4.69) is 19.2 Å². The van der Waals surface area contributed by atoms with Crippen molar-refractivity contribution in [2.45, 2.75) is 13.8 Å². The molecule has 1 aromatic heterocycles. The normalized spacial score (nSPS) is 10.6. The van der Waals surface area contributed by atoms with E-state index in [-0.39, 0.29) is 10.8 Å². The van der Waals surface area contributed by atoms with Gasteiger partial charge in [-0.1, -0.05) is 13.8 Å². The molecular formula is C12H17NO4S. The van der Waals surface area contributed by atoms with E-state index in [4.69, 9.17) is 9.84 Å². The van der Waals surface area contributed by atoms with Crippen molar-refractivity contribution in [1.82, 2.24) is 5.32 Å². The van der Waals surface area contributed by atoms with Crippen LogP contribution in [0.1, 0.15) is 33.2 Å².